The molecule has 0 aliphatic rings. The first-order valence-electron chi connectivity index (χ1n) is 9.75. The normalized spacial score (nSPS) is 12.0. The minimum atomic E-state index is -0.576. The molecule has 2 aromatic rings. The average molecular weight is 435 g/mol. The number of ether oxygens (including phenoxy) is 1. The summed E-state index contributed by atoms with van der Waals surface area (Å²) >= 11 is 1.06. The van der Waals surface area contributed by atoms with Gasteiger partial charge in [-0.2, -0.15) is 0 Å². The van der Waals surface area contributed by atoms with E-state index in [1.54, 1.807) is 26.0 Å². The van der Waals surface area contributed by atoms with Crippen molar-refractivity contribution in [2.45, 2.75) is 40.7 Å². The fourth-order valence-electron chi connectivity index (χ4n) is 3.17. The van der Waals surface area contributed by atoms with Gasteiger partial charge in [0.25, 0.3) is 0 Å². The lowest BCUT2D eigenvalue weighted by molar-refractivity contribution is -0.115. The molecule has 162 valence electrons. The van der Waals surface area contributed by atoms with Gasteiger partial charge in [-0.1, -0.05) is 26.0 Å². The zero-order valence-corrected chi connectivity index (χ0v) is 18.6. The largest absolute Gasteiger partial charge is 0.462 e. The number of halogens is 1. The molecule has 1 amide bonds. The summed E-state index contributed by atoms with van der Waals surface area (Å²) in [6, 6.07) is 5.99. The number of esters is 1. The Balaban J connectivity index is 2.16. The van der Waals surface area contributed by atoms with Gasteiger partial charge >= 0.3 is 5.97 Å². The quantitative estimate of drug-likeness (QED) is 0.448. The second-order valence-corrected chi connectivity index (χ2v) is 8.26. The van der Waals surface area contributed by atoms with E-state index >= 15 is 0 Å². The maximum Gasteiger partial charge on any atom is 0.341 e. The Morgan fingerprint density at radius 3 is 2.33 bits per heavy atom. The summed E-state index contributed by atoms with van der Waals surface area (Å²) in [5.41, 5.74) is 1.58. The van der Waals surface area contributed by atoms with E-state index in [1.165, 1.54) is 19.1 Å². The van der Waals surface area contributed by atoms with Crippen LogP contribution in [0.15, 0.2) is 24.3 Å². The topological polar surface area (TPSA) is 84.5 Å². The summed E-state index contributed by atoms with van der Waals surface area (Å²) in [6.45, 7) is 8.93. The molecule has 8 heteroatoms. The van der Waals surface area contributed by atoms with Gasteiger partial charge in [0.1, 0.15) is 10.8 Å². The van der Waals surface area contributed by atoms with Gasteiger partial charge in [-0.25, -0.2) is 9.18 Å². The molecule has 1 aromatic carbocycles. The Bertz CT molecular complexity index is 922. The molecule has 1 aromatic heterocycles. The Morgan fingerprint density at radius 2 is 1.80 bits per heavy atom. The first-order valence-corrected chi connectivity index (χ1v) is 10.6. The molecular weight excluding hydrogens is 407 g/mol. The Labute approximate surface area is 179 Å². The number of Topliss-reactive ketones (excluding diaryl/α,β-unsaturated/α-hetero) is 1. The van der Waals surface area contributed by atoms with Crippen LogP contribution in [0.3, 0.4) is 0 Å². The summed E-state index contributed by atoms with van der Waals surface area (Å²) in [5, 5.41) is 6.20. The molecule has 0 saturated heterocycles. The van der Waals surface area contributed by atoms with E-state index in [0.29, 0.717) is 15.4 Å². The van der Waals surface area contributed by atoms with Gasteiger partial charge < -0.3 is 15.4 Å². The predicted molar refractivity (Wildman–Crippen MR) is 116 cm³/mol. The van der Waals surface area contributed by atoms with Crippen LogP contribution in [-0.4, -0.2) is 30.8 Å². The van der Waals surface area contributed by atoms with E-state index in [4.69, 9.17) is 4.74 Å². The van der Waals surface area contributed by atoms with Crippen molar-refractivity contribution in [1.29, 1.82) is 0 Å². The molecule has 0 fully saturated rings. The zero-order chi connectivity index (χ0) is 22.4. The number of rotatable bonds is 9. The van der Waals surface area contributed by atoms with Crippen molar-refractivity contribution in [3.05, 3.63) is 51.7 Å². The lowest BCUT2D eigenvalue weighted by atomic mass is 9.96. The third kappa shape index (κ3) is 5.73. The van der Waals surface area contributed by atoms with Gasteiger partial charge in [-0.3, -0.25) is 9.59 Å². The monoisotopic (exact) mass is 434 g/mol. The molecule has 1 heterocycles. The van der Waals surface area contributed by atoms with Crippen molar-refractivity contribution in [2.24, 2.45) is 5.92 Å². The first-order chi connectivity index (χ1) is 14.1. The molecular formula is C22H27FN2O4S. The van der Waals surface area contributed by atoms with E-state index in [9.17, 15) is 18.8 Å². The van der Waals surface area contributed by atoms with Crippen molar-refractivity contribution in [1.82, 2.24) is 5.32 Å². The van der Waals surface area contributed by atoms with E-state index in [2.05, 4.69) is 10.6 Å². The number of thiophene rings is 1. The molecule has 0 unspecified atom stereocenters. The van der Waals surface area contributed by atoms with Crippen LogP contribution in [0.25, 0.3) is 0 Å². The number of anilines is 1. The van der Waals surface area contributed by atoms with Crippen molar-refractivity contribution >= 4 is 34.0 Å². The van der Waals surface area contributed by atoms with Gasteiger partial charge in [0.05, 0.1) is 23.6 Å². The van der Waals surface area contributed by atoms with Crippen LogP contribution in [-0.2, 0) is 9.53 Å². The molecule has 1 atom stereocenters. The second kappa shape index (κ2) is 10.4. The van der Waals surface area contributed by atoms with Gasteiger partial charge in [0, 0.05) is 6.04 Å². The Hall–Kier alpha value is -2.58. The van der Waals surface area contributed by atoms with Crippen LogP contribution in [0.1, 0.15) is 64.9 Å². The predicted octanol–water partition coefficient (Wildman–Crippen LogP) is 4.50. The molecule has 0 spiro atoms. The van der Waals surface area contributed by atoms with Crippen molar-refractivity contribution in [3.63, 3.8) is 0 Å². The average Bonchev–Trinajstić information content (AvgIpc) is 2.99. The molecule has 0 radical (unpaired) electrons. The van der Waals surface area contributed by atoms with Crippen molar-refractivity contribution < 1.29 is 23.5 Å². The summed E-state index contributed by atoms with van der Waals surface area (Å²) in [6.07, 6.45) is 0. The van der Waals surface area contributed by atoms with E-state index < -0.39 is 5.97 Å². The number of hydrogen-bond donors (Lipinski definition) is 2. The fraction of sp³-hybridized carbons (Fsp3) is 0.409. The zero-order valence-electron chi connectivity index (χ0n) is 17.8. The highest BCUT2D eigenvalue weighted by atomic mass is 32.1. The summed E-state index contributed by atoms with van der Waals surface area (Å²) in [4.78, 5) is 37.2. The fourth-order valence-corrected chi connectivity index (χ4v) is 4.27. The molecule has 0 bridgehead atoms. The molecule has 2 rings (SSSR count). The highest BCUT2D eigenvalue weighted by Gasteiger charge is 2.25. The van der Waals surface area contributed by atoms with Gasteiger partial charge in [-0.15, -0.1) is 11.3 Å². The number of hydrogen-bond acceptors (Lipinski definition) is 6. The van der Waals surface area contributed by atoms with Crippen molar-refractivity contribution in [2.75, 3.05) is 18.5 Å². The molecule has 0 aliphatic carbocycles. The third-order valence-electron chi connectivity index (χ3n) is 4.58. The van der Waals surface area contributed by atoms with E-state index in [0.717, 1.165) is 16.9 Å². The summed E-state index contributed by atoms with van der Waals surface area (Å²) in [5.74, 6) is -1.28. The standard InChI is InChI=1S/C22H27FN2O4S/c1-6-29-22(28)18-13(4)20(14(5)26)30-21(18)25-17(27)11-24-19(12(2)3)15-7-9-16(23)10-8-15/h7-10,12,19,24H,6,11H2,1-5H3,(H,25,27)/t19-/m1/s1. The van der Waals surface area contributed by atoms with Crippen LogP contribution >= 0.6 is 11.3 Å². The van der Waals surface area contributed by atoms with Crippen LogP contribution in [0, 0.1) is 18.7 Å². The smallest absolute Gasteiger partial charge is 0.341 e. The maximum absolute atomic E-state index is 13.2. The van der Waals surface area contributed by atoms with Crippen LogP contribution in [0.5, 0.6) is 0 Å². The molecule has 6 nitrogen and oxygen atoms in total. The number of amides is 1. The molecule has 30 heavy (non-hydrogen) atoms. The van der Waals surface area contributed by atoms with Crippen molar-refractivity contribution in [3.8, 4) is 0 Å². The Kier molecular flexibility index (Phi) is 8.25. The number of ketones is 1. The molecule has 0 saturated carbocycles. The van der Waals surface area contributed by atoms with Gasteiger partial charge in [0.15, 0.2) is 5.78 Å². The number of benzene rings is 1. The third-order valence-corrected chi connectivity index (χ3v) is 5.89. The number of nitrogens with one attached hydrogen (secondary N) is 2. The van der Waals surface area contributed by atoms with Gasteiger partial charge in [-0.05, 0) is 49.9 Å². The highest BCUT2D eigenvalue weighted by Crippen LogP contribution is 2.34. The minimum absolute atomic E-state index is 0.0190. The number of carbonyl (C=O) groups excluding carboxylic acids is 3. The Morgan fingerprint density at radius 1 is 1.17 bits per heavy atom. The second-order valence-electron chi connectivity index (χ2n) is 7.24. The maximum atomic E-state index is 13.2. The highest BCUT2D eigenvalue weighted by molar-refractivity contribution is 7.18. The van der Waals surface area contributed by atoms with E-state index in [1.807, 2.05) is 13.8 Å². The lowest BCUT2D eigenvalue weighted by Crippen LogP contribution is -2.33. The minimum Gasteiger partial charge on any atom is -0.462 e. The lowest BCUT2D eigenvalue weighted by Gasteiger charge is -2.22. The summed E-state index contributed by atoms with van der Waals surface area (Å²) < 4.78 is 18.3. The molecule has 0 aliphatic heterocycles. The summed E-state index contributed by atoms with van der Waals surface area (Å²) in [7, 11) is 0. The van der Waals surface area contributed by atoms with Gasteiger partial charge in [0.2, 0.25) is 5.91 Å². The first kappa shape index (κ1) is 23.7. The van der Waals surface area contributed by atoms with E-state index in [-0.39, 0.29) is 48.2 Å². The SMILES string of the molecule is CCOC(=O)c1c(NC(=O)CN[C@@H](c2ccc(F)cc2)C(C)C)sc(C(C)=O)c1C. The number of carbonyl (C=O) groups is 3. The molecule has 2 N–H and O–H groups in total. The van der Waals surface area contributed by atoms with Crippen LogP contribution in [0.2, 0.25) is 0 Å². The van der Waals surface area contributed by atoms with Crippen LogP contribution in [0.4, 0.5) is 9.39 Å². The van der Waals surface area contributed by atoms with Crippen LogP contribution < -0.4 is 10.6 Å².